The molecule has 3 heteroatoms. The molecule has 0 aromatic heterocycles. The summed E-state index contributed by atoms with van der Waals surface area (Å²) in [5.74, 6) is 0.312. The number of carbonyl (C=O) groups is 1. The summed E-state index contributed by atoms with van der Waals surface area (Å²) < 4.78 is 1.95. The lowest BCUT2D eigenvalue weighted by molar-refractivity contribution is -0.119. The van der Waals surface area contributed by atoms with E-state index in [0.717, 1.165) is 0 Å². The molecular weight excluding hydrogens is 254 g/mol. The van der Waals surface area contributed by atoms with Crippen molar-refractivity contribution in [3.05, 3.63) is 47.9 Å². The van der Waals surface area contributed by atoms with Gasteiger partial charge >= 0.3 is 0 Å². The van der Waals surface area contributed by atoms with Gasteiger partial charge in [0.25, 0.3) is 0 Å². The van der Waals surface area contributed by atoms with E-state index in [4.69, 9.17) is 0 Å². The molecular formula is C12H10BrNO. The minimum Gasteiger partial charge on any atom is -0.299 e. The number of nitrogens with zero attached hydrogens (tertiary/aromatic N) is 1. The molecule has 3 rings (SSSR count). The van der Waals surface area contributed by atoms with Gasteiger partial charge in [-0.15, -0.1) is 0 Å². The van der Waals surface area contributed by atoms with Gasteiger partial charge in [-0.3, -0.25) is 8.72 Å². The van der Waals surface area contributed by atoms with Crippen LogP contribution < -0.4 is 0 Å². The lowest BCUT2D eigenvalue weighted by atomic mass is 9.70. The molecule has 0 bridgehead atoms. The van der Waals surface area contributed by atoms with Crippen LogP contribution in [0.2, 0.25) is 0 Å². The van der Waals surface area contributed by atoms with Gasteiger partial charge in [-0.1, -0.05) is 30.4 Å². The van der Waals surface area contributed by atoms with Crippen molar-refractivity contribution in [2.45, 2.75) is 12.8 Å². The van der Waals surface area contributed by atoms with Gasteiger partial charge in [-0.05, 0) is 5.57 Å². The van der Waals surface area contributed by atoms with E-state index >= 15 is 0 Å². The molecule has 3 aliphatic rings. The van der Waals surface area contributed by atoms with Crippen LogP contribution in [0.3, 0.4) is 0 Å². The molecule has 1 heterocycles. The molecule has 76 valence electrons. The standard InChI is InChI=1S/C12H10BrNO/c13-14-8-9-3-1-2-6-12(9)7-10(15)4-5-11(12)14/h1-3,5-6,8H,4,7H2. The molecule has 1 atom stereocenters. The third kappa shape index (κ3) is 1.13. The zero-order valence-corrected chi connectivity index (χ0v) is 9.70. The molecule has 0 radical (unpaired) electrons. The molecule has 0 aromatic rings. The van der Waals surface area contributed by atoms with E-state index in [1.807, 2.05) is 28.4 Å². The van der Waals surface area contributed by atoms with Gasteiger partial charge in [0.15, 0.2) is 0 Å². The first kappa shape index (κ1) is 9.16. The van der Waals surface area contributed by atoms with Crippen molar-refractivity contribution in [1.29, 1.82) is 0 Å². The van der Waals surface area contributed by atoms with Crippen molar-refractivity contribution in [2.75, 3.05) is 0 Å². The lowest BCUT2D eigenvalue weighted by Crippen LogP contribution is -2.29. The summed E-state index contributed by atoms with van der Waals surface area (Å²) in [6.07, 6.45) is 13.5. The van der Waals surface area contributed by atoms with Crippen LogP contribution in [-0.2, 0) is 4.79 Å². The van der Waals surface area contributed by atoms with E-state index in [1.54, 1.807) is 0 Å². The van der Waals surface area contributed by atoms with Crippen LogP contribution >= 0.6 is 16.1 Å². The first-order valence-electron chi connectivity index (χ1n) is 4.98. The quantitative estimate of drug-likeness (QED) is 0.627. The van der Waals surface area contributed by atoms with Crippen LogP contribution in [0.15, 0.2) is 47.9 Å². The predicted octanol–water partition coefficient (Wildman–Crippen LogP) is 2.86. The molecule has 2 nitrogen and oxygen atoms in total. The molecule has 0 aromatic carbocycles. The highest BCUT2D eigenvalue weighted by atomic mass is 79.9. The van der Waals surface area contributed by atoms with Crippen LogP contribution in [0.5, 0.6) is 0 Å². The number of rotatable bonds is 0. The monoisotopic (exact) mass is 263 g/mol. The molecule has 1 spiro atoms. The highest BCUT2D eigenvalue weighted by Gasteiger charge is 2.45. The van der Waals surface area contributed by atoms with Gasteiger partial charge in [0.05, 0.1) is 21.6 Å². The summed E-state index contributed by atoms with van der Waals surface area (Å²) in [5, 5.41) is 0. The molecule has 0 fully saturated rings. The minimum absolute atomic E-state index is 0.187. The second kappa shape index (κ2) is 2.95. The number of hydrogen-bond donors (Lipinski definition) is 0. The molecule has 0 amide bonds. The van der Waals surface area contributed by atoms with Crippen molar-refractivity contribution in [2.24, 2.45) is 5.41 Å². The molecule has 0 N–H and O–H groups in total. The number of halogens is 1. The first-order chi connectivity index (χ1) is 7.22. The number of Topliss-reactive ketones (excluding diaryl/α,β-unsaturated/α-hetero) is 1. The molecule has 0 saturated heterocycles. The first-order valence-corrected chi connectivity index (χ1v) is 5.69. The minimum atomic E-state index is -0.187. The van der Waals surface area contributed by atoms with Gasteiger partial charge in [-0.2, -0.15) is 0 Å². The maximum atomic E-state index is 11.6. The fraction of sp³-hybridized carbons (Fsp3) is 0.250. The van der Waals surface area contributed by atoms with E-state index in [-0.39, 0.29) is 5.41 Å². The number of ketones is 1. The van der Waals surface area contributed by atoms with Gasteiger partial charge in [0.2, 0.25) is 0 Å². The molecule has 0 saturated carbocycles. The maximum Gasteiger partial charge on any atom is 0.138 e. The average Bonchev–Trinajstić information content (AvgIpc) is 2.49. The Kier molecular flexibility index (Phi) is 1.80. The Morgan fingerprint density at radius 3 is 3.13 bits per heavy atom. The smallest absolute Gasteiger partial charge is 0.138 e. The molecule has 2 aliphatic carbocycles. The highest BCUT2D eigenvalue weighted by Crippen LogP contribution is 2.52. The topological polar surface area (TPSA) is 20.3 Å². The Morgan fingerprint density at radius 2 is 2.27 bits per heavy atom. The van der Waals surface area contributed by atoms with E-state index in [2.05, 4.69) is 28.3 Å². The predicted molar refractivity (Wildman–Crippen MR) is 61.9 cm³/mol. The summed E-state index contributed by atoms with van der Waals surface area (Å²) in [5.41, 5.74) is 2.19. The number of carbonyl (C=O) groups excluding carboxylic acids is 1. The molecule has 15 heavy (non-hydrogen) atoms. The van der Waals surface area contributed by atoms with E-state index in [0.29, 0.717) is 18.6 Å². The van der Waals surface area contributed by atoms with Crippen molar-refractivity contribution in [1.82, 2.24) is 3.93 Å². The van der Waals surface area contributed by atoms with Crippen molar-refractivity contribution in [3.8, 4) is 0 Å². The van der Waals surface area contributed by atoms with Crippen molar-refractivity contribution < 1.29 is 4.79 Å². The fourth-order valence-corrected chi connectivity index (χ4v) is 3.19. The Labute approximate surface area is 97.0 Å². The van der Waals surface area contributed by atoms with Gasteiger partial charge in [0.1, 0.15) is 5.78 Å². The van der Waals surface area contributed by atoms with Crippen LogP contribution in [0.4, 0.5) is 0 Å². The molecule has 1 aliphatic heterocycles. The second-order valence-corrected chi connectivity index (χ2v) is 4.86. The summed E-state index contributed by atoms with van der Waals surface area (Å²) in [4.78, 5) is 11.6. The lowest BCUT2D eigenvalue weighted by Gasteiger charge is -2.34. The van der Waals surface area contributed by atoms with Crippen LogP contribution in [0.25, 0.3) is 0 Å². The van der Waals surface area contributed by atoms with E-state index in [9.17, 15) is 4.79 Å². The highest BCUT2D eigenvalue weighted by molar-refractivity contribution is 9.07. The normalized spacial score (nSPS) is 32.3. The van der Waals surface area contributed by atoms with Crippen LogP contribution in [-0.4, -0.2) is 9.71 Å². The van der Waals surface area contributed by atoms with Gasteiger partial charge in [0, 0.05) is 24.7 Å². The Balaban J connectivity index is 2.19. The van der Waals surface area contributed by atoms with Crippen molar-refractivity contribution >= 4 is 21.9 Å². The Hall–Kier alpha value is -1.09. The van der Waals surface area contributed by atoms with Crippen LogP contribution in [0, 0.1) is 5.41 Å². The summed E-state index contributed by atoms with van der Waals surface area (Å²) in [6.45, 7) is 0. The zero-order chi connectivity index (χ0) is 10.5. The largest absolute Gasteiger partial charge is 0.299 e. The fourth-order valence-electron chi connectivity index (χ4n) is 2.51. The SMILES string of the molecule is O=C1CC=C2N(Br)C=C3C=CC=CC32C1. The van der Waals surface area contributed by atoms with Gasteiger partial charge in [-0.25, -0.2) is 0 Å². The van der Waals surface area contributed by atoms with Crippen molar-refractivity contribution in [3.63, 3.8) is 0 Å². The zero-order valence-electron chi connectivity index (χ0n) is 8.11. The molecule has 1 unspecified atom stereocenters. The maximum absolute atomic E-state index is 11.6. The summed E-state index contributed by atoms with van der Waals surface area (Å²) in [6, 6.07) is 0. The number of allylic oxidation sites excluding steroid dienone is 5. The average molecular weight is 264 g/mol. The third-order valence-electron chi connectivity index (χ3n) is 3.22. The third-order valence-corrected chi connectivity index (χ3v) is 3.81. The summed E-state index contributed by atoms with van der Waals surface area (Å²) >= 11 is 3.49. The second-order valence-electron chi connectivity index (χ2n) is 4.09. The Bertz CT molecular complexity index is 458. The number of hydrogen-bond acceptors (Lipinski definition) is 2. The van der Waals surface area contributed by atoms with E-state index in [1.165, 1.54) is 11.3 Å². The van der Waals surface area contributed by atoms with Crippen LogP contribution in [0.1, 0.15) is 12.8 Å². The van der Waals surface area contributed by atoms with E-state index < -0.39 is 0 Å². The van der Waals surface area contributed by atoms with Gasteiger partial charge < -0.3 is 0 Å². The summed E-state index contributed by atoms with van der Waals surface area (Å²) in [7, 11) is 0. The Morgan fingerprint density at radius 1 is 1.40 bits per heavy atom.